The van der Waals surface area contributed by atoms with Crippen molar-refractivity contribution in [1.29, 1.82) is 0 Å². The van der Waals surface area contributed by atoms with Gasteiger partial charge in [0, 0.05) is 49.7 Å². The Balaban J connectivity index is 1.01. The number of aromatic nitrogens is 3. The van der Waals surface area contributed by atoms with Crippen LogP contribution in [0.2, 0.25) is 0 Å². The Morgan fingerprint density at radius 1 is 0.757 bits per heavy atom. The maximum absolute atomic E-state index is 7.96. The number of hydrogen-bond acceptors (Lipinski definition) is 6. The standard InChI is InChI=1S/C64H71N5S/c1-2-42(47-38-48(43-22-9-3-10-23-43)40-49(39-47)44-24-11-4-12-25-44)41-55(64-67-62(45-26-13-5-14-27-45)66-63(68-64)46-28-15-6-16-29-46)59(65)54-34-21-33-51-52-36-37-57-58(61(52)70-60(51)54)53-32-19-8-20-35-56(53)69(57)50-30-17-7-18-31-50/h3-4,7,9-11,13,17,22,24,26-28,30,34-37,39,41,43,47-48,53,57-58H,2,5-6,8,12,14-16,18-21,23,25,29,31-33,38,40,65H2,1H3/b42-41+,59-55+. The van der Waals surface area contributed by atoms with E-state index in [-0.39, 0.29) is 5.92 Å². The minimum absolute atomic E-state index is 0.285. The second kappa shape index (κ2) is 20.3. The number of likely N-dealkylation sites (tertiary alicyclic amines) is 1. The minimum atomic E-state index is 0.285. The lowest BCUT2D eigenvalue weighted by Gasteiger charge is -2.35. The van der Waals surface area contributed by atoms with Gasteiger partial charge in [0.15, 0.2) is 17.5 Å². The van der Waals surface area contributed by atoms with E-state index in [0.29, 0.717) is 35.5 Å². The number of thiophene rings is 1. The van der Waals surface area contributed by atoms with Gasteiger partial charge in [-0.25, -0.2) is 15.0 Å². The van der Waals surface area contributed by atoms with Crippen molar-refractivity contribution in [2.75, 3.05) is 0 Å². The molecule has 0 radical (unpaired) electrons. The molecule has 2 aromatic rings. The summed E-state index contributed by atoms with van der Waals surface area (Å²) in [5, 5.41) is 0. The van der Waals surface area contributed by atoms with Gasteiger partial charge in [-0.2, -0.15) is 0 Å². The number of nitrogens with two attached hydrogens (primary N) is 1. The van der Waals surface area contributed by atoms with Gasteiger partial charge in [0.25, 0.3) is 0 Å². The Morgan fingerprint density at radius 2 is 1.64 bits per heavy atom. The summed E-state index contributed by atoms with van der Waals surface area (Å²) < 4.78 is 0. The number of rotatable bonds is 10. The fourth-order valence-electron chi connectivity index (χ4n) is 13.6. The molecule has 6 unspecified atom stereocenters. The molecule has 1 saturated heterocycles. The number of nitrogens with zero attached hydrogens (tertiary/aromatic N) is 4. The van der Waals surface area contributed by atoms with E-state index in [1.807, 2.05) is 0 Å². The molecule has 10 aliphatic rings. The fourth-order valence-corrected chi connectivity index (χ4v) is 15.2. The third-order valence-corrected chi connectivity index (χ3v) is 18.6. The van der Waals surface area contributed by atoms with E-state index in [9.17, 15) is 0 Å². The molecule has 0 spiro atoms. The average Bonchev–Trinajstić information content (AvgIpc) is 3.87. The van der Waals surface area contributed by atoms with E-state index in [1.54, 1.807) is 16.1 Å². The maximum atomic E-state index is 7.96. The zero-order valence-corrected chi connectivity index (χ0v) is 42.2. The largest absolute Gasteiger partial charge is 0.398 e. The van der Waals surface area contributed by atoms with Crippen LogP contribution in [0.3, 0.4) is 0 Å². The Bertz CT molecular complexity index is 2900. The van der Waals surface area contributed by atoms with Gasteiger partial charge in [-0.15, -0.1) is 11.3 Å². The van der Waals surface area contributed by atoms with Crippen LogP contribution in [0.5, 0.6) is 0 Å². The Morgan fingerprint density at radius 3 is 2.44 bits per heavy atom. The van der Waals surface area contributed by atoms with Gasteiger partial charge in [-0.1, -0.05) is 128 Å². The monoisotopic (exact) mass is 942 g/mol. The highest BCUT2D eigenvalue weighted by molar-refractivity contribution is 7.13. The molecule has 1 fully saturated rings. The first-order valence-electron chi connectivity index (χ1n) is 27.4. The third-order valence-electron chi connectivity index (χ3n) is 17.2. The molecule has 3 heterocycles. The number of allylic oxidation sites excluding steroid dienone is 27. The summed E-state index contributed by atoms with van der Waals surface area (Å²) in [4.78, 5) is 22.0. The summed E-state index contributed by atoms with van der Waals surface area (Å²) in [7, 11) is 0. The van der Waals surface area contributed by atoms with Crippen molar-refractivity contribution in [1.82, 2.24) is 19.9 Å². The Labute approximate surface area is 421 Å². The number of fused-ring (bicyclic) bond motifs is 7. The van der Waals surface area contributed by atoms with Crippen LogP contribution in [-0.2, 0) is 6.42 Å². The molecule has 5 nitrogen and oxygen atoms in total. The quantitative estimate of drug-likeness (QED) is 0.240. The Hall–Kier alpha value is -5.59. The average molecular weight is 942 g/mol. The summed E-state index contributed by atoms with van der Waals surface area (Å²) in [6, 6.07) is 0.350. The van der Waals surface area contributed by atoms with Crippen molar-refractivity contribution < 1.29 is 0 Å². The van der Waals surface area contributed by atoms with E-state index in [1.165, 1.54) is 76.1 Å². The van der Waals surface area contributed by atoms with Gasteiger partial charge in [0.05, 0.1) is 11.7 Å². The van der Waals surface area contributed by atoms with Gasteiger partial charge in [0.1, 0.15) is 0 Å². The molecule has 0 amide bonds. The molecule has 2 N–H and O–H groups in total. The molecule has 0 aromatic carbocycles. The zero-order chi connectivity index (χ0) is 47.0. The number of hydrogen-bond donors (Lipinski definition) is 1. The second-order valence-electron chi connectivity index (χ2n) is 21.4. The molecule has 0 saturated carbocycles. The van der Waals surface area contributed by atoms with Crippen molar-refractivity contribution in [3.8, 4) is 0 Å². The SMILES string of the molecule is CC/C(=C\C(=C(/N)C1=CCCc2c1sc1c2C=CC2C1C1CCCCC=C1N2C1=CC=CCC1)c1nc(C2=CCCC=C2)nc(C2=CCCCC2)n1)C1C=C(C2=CC=CCC2)CC(C2C=CC=CC2)C1. The van der Waals surface area contributed by atoms with Crippen LogP contribution in [0.4, 0.5) is 0 Å². The highest BCUT2D eigenvalue weighted by atomic mass is 32.1. The van der Waals surface area contributed by atoms with Crippen LogP contribution in [0.25, 0.3) is 28.4 Å². The van der Waals surface area contributed by atoms with Crippen molar-refractivity contribution >= 4 is 39.7 Å². The molecule has 0 bridgehead atoms. The minimum Gasteiger partial charge on any atom is -0.398 e. The summed E-state index contributed by atoms with van der Waals surface area (Å²) in [6.45, 7) is 2.35. The van der Waals surface area contributed by atoms with Crippen LogP contribution in [0.1, 0.15) is 173 Å². The van der Waals surface area contributed by atoms with Crippen molar-refractivity contribution in [3.63, 3.8) is 0 Å². The van der Waals surface area contributed by atoms with Gasteiger partial charge in [-0.3, -0.25) is 0 Å². The molecular formula is C64H71N5S. The van der Waals surface area contributed by atoms with Gasteiger partial charge in [0.2, 0.25) is 0 Å². The molecule has 6 heteroatoms. The van der Waals surface area contributed by atoms with Crippen molar-refractivity contribution in [3.05, 3.63) is 188 Å². The summed E-state index contributed by atoms with van der Waals surface area (Å²) >= 11 is 2.06. The maximum Gasteiger partial charge on any atom is 0.166 e. The fraction of sp³-hybridized carbons (Fsp3) is 0.422. The van der Waals surface area contributed by atoms with E-state index in [0.717, 1.165) is 125 Å². The Kier molecular flexibility index (Phi) is 13.2. The molecule has 9 aliphatic carbocycles. The smallest absolute Gasteiger partial charge is 0.166 e. The van der Waals surface area contributed by atoms with Crippen LogP contribution in [0.15, 0.2) is 149 Å². The van der Waals surface area contributed by atoms with Crippen molar-refractivity contribution in [2.24, 2.45) is 29.4 Å². The van der Waals surface area contributed by atoms with E-state index >= 15 is 0 Å². The predicted molar refractivity (Wildman–Crippen MR) is 294 cm³/mol. The summed E-state index contributed by atoms with van der Waals surface area (Å²) in [5.74, 6) is 4.65. The lowest BCUT2D eigenvalue weighted by molar-refractivity contribution is 0.324. The first-order valence-corrected chi connectivity index (χ1v) is 28.2. The van der Waals surface area contributed by atoms with Crippen LogP contribution >= 0.6 is 11.3 Å². The molecule has 70 heavy (non-hydrogen) atoms. The first-order chi connectivity index (χ1) is 34.6. The molecule has 358 valence electrons. The summed E-state index contributed by atoms with van der Waals surface area (Å²) in [6.07, 6.45) is 70.0. The zero-order valence-electron chi connectivity index (χ0n) is 41.4. The molecule has 2 aromatic heterocycles. The summed E-state index contributed by atoms with van der Waals surface area (Å²) in [5.41, 5.74) is 23.7. The molecule has 12 rings (SSSR count). The van der Waals surface area contributed by atoms with Crippen LogP contribution in [0, 0.1) is 23.7 Å². The highest BCUT2D eigenvalue weighted by Crippen LogP contribution is 2.57. The van der Waals surface area contributed by atoms with Gasteiger partial charge >= 0.3 is 0 Å². The van der Waals surface area contributed by atoms with Gasteiger partial charge < -0.3 is 10.6 Å². The lowest BCUT2D eigenvalue weighted by atomic mass is 9.69. The topological polar surface area (TPSA) is 67.9 Å². The van der Waals surface area contributed by atoms with Crippen LogP contribution in [-0.4, -0.2) is 25.9 Å². The third kappa shape index (κ3) is 8.81. The van der Waals surface area contributed by atoms with E-state index in [2.05, 4.69) is 145 Å². The molecule has 6 atom stereocenters. The van der Waals surface area contributed by atoms with Crippen LogP contribution < -0.4 is 5.73 Å². The lowest BCUT2D eigenvalue weighted by Crippen LogP contribution is -2.30. The van der Waals surface area contributed by atoms with E-state index in [4.69, 9.17) is 20.7 Å². The molecule has 1 aliphatic heterocycles. The normalized spacial score (nSPS) is 28.5. The van der Waals surface area contributed by atoms with Crippen molar-refractivity contribution in [2.45, 2.75) is 147 Å². The molecular weight excluding hydrogens is 871 g/mol. The second-order valence-corrected chi connectivity index (χ2v) is 22.5. The van der Waals surface area contributed by atoms with Gasteiger partial charge in [-0.05, 0) is 180 Å². The van der Waals surface area contributed by atoms with E-state index < -0.39 is 0 Å². The highest BCUT2D eigenvalue weighted by Gasteiger charge is 2.49. The predicted octanol–water partition coefficient (Wildman–Crippen LogP) is 16.1. The first kappa shape index (κ1) is 45.5.